The monoisotopic (exact) mass is 460 g/mol. The van der Waals surface area contributed by atoms with E-state index in [9.17, 15) is 0 Å². The summed E-state index contributed by atoms with van der Waals surface area (Å²) in [7, 11) is -1.11. The Hall–Kier alpha value is -3.94. The van der Waals surface area contributed by atoms with E-state index in [4.69, 9.17) is 0 Å². The van der Waals surface area contributed by atoms with Gasteiger partial charge in [-0.1, -0.05) is 121 Å². The van der Waals surface area contributed by atoms with Crippen LogP contribution in [0.5, 0.6) is 0 Å². The maximum absolute atomic E-state index is 2.51. The molecule has 0 unspecified atom stereocenters. The quantitative estimate of drug-likeness (QED) is 0.178. The molecule has 0 bridgehead atoms. The van der Waals surface area contributed by atoms with E-state index in [-0.39, 0.29) is 0 Å². The topological polar surface area (TPSA) is 0 Å². The van der Waals surface area contributed by atoms with Gasteiger partial charge in [-0.3, -0.25) is 0 Å². The molecule has 0 amide bonds. The average Bonchev–Trinajstić information content (AvgIpc) is 2.90. The van der Waals surface area contributed by atoms with Crippen molar-refractivity contribution < 1.29 is 0 Å². The minimum atomic E-state index is -1.11. The SMILES string of the molecule is C[SiH](C)c1cc2ccc3cccc4ccc(c1-c1ccc5ccc6cccc7ccc1c5c67)c2c34. The molecule has 0 aliphatic carbocycles. The van der Waals surface area contributed by atoms with Crippen molar-refractivity contribution in [3.63, 3.8) is 0 Å². The fourth-order valence-electron chi connectivity index (χ4n) is 6.54. The lowest BCUT2D eigenvalue weighted by Crippen LogP contribution is -2.25. The third kappa shape index (κ3) is 2.51. The van der Waals surface area contributed by atoms with Gasteiger partial charge < -0.3 is 0 Å². The molecule has 0 aromatic heterocycles. The third-order valence-electron chi connectivity index (χ3n) is 8.10. The Morgan fingerprint density at radius 3 is 1.49 bits per heavy atom. The number of rotatable bonds is 2. The Kier molecular flexibility index (Phi) is 3.77. The third-order valence-corrected chi connectivity index (χ3v) is 9.80. The molecule has 1 heteroatoms. The van der Waals surface area contributed by atoms with Crippen molar-refractivity contribution in [1.29, 1.82) is 0 Å². The molecule has 164 valence electrons. The smallest absolute Gasteiger partial charge is 0.0656 e. The molecular weight excluding hydrogens is 436 g/mol. The zero-order valence-electron chi connectivity index (χ0n) is 19.9. The van der Waals surface area contributed by atoms with E-state index in [1.807, 2.05) is 0 Å². The molecule has 35 heavy (non-hydrogen) atoms. The van der Waals surface area contributed by atoms with Gasteiger partial charge in [0, 0.05) is 0 Å². The summed E-state index contributed by atoms with van der Waals surface area (Å²) < 4.78 is 0. The van der Waals surface area contributed by atoms with E-state index in [0.29, 0.717) is 0 Å². The molecule has 0 saturated carbocycles. The molecule has 0 N–H and O–H groups in total. The highest BCUT2D eigenvalue weighted by Gasteiger charge is 2.20. The van der Waals surface area contributed by atoms with Crippen LogP contribution in [0.2, 0.25) is 13.1 Å². The summed E-state index contributed by atoms with van der Waals surface area (Å²) in [6.07, 6.45) is 0. The minimum absolute atomic E-state index is 1.11. The van der Waals surface area contributed by atoms with Gasteiger partial charge in [0.1, 0.15) is 0 Å². The first-order valence-electron chi connectivity index (χ1n) is 12.6. The highest BCUT2D eigenvalue weighted by molar-refractivity contribution is 6.73. The summed E-state index contributed by atoms with van der Waals surface area (Å²) in [5.74, 6) is 0. The number of hydrogen-bond acceptors (Lipinski definition) is 0. The van der Waals surface area contributed by atoms with Crippen molar-refractivity contribution in [2.45, 2.75) is 13.1 Å². The highest BCUT2D eigenvalue weighted by atomic mass is 28.3. The number of benzene rings is 8. The van der Waals surface area contributed by atoms with Crippen LogP contribution in [0.25, 0.3) is 75.8 Å². The fourth-order valence-corrected chi connectivity index (χ4v) is 7.94. The average molecular weight is 461 g/mol. The molecule has 0 aliphatic heterocycles. The molecule has 8 rings (SSSR count). The van der Waals surface area contributed by atoms with Gasteiger partial charge in [0.2, 0.25) is 0 Å². The molecule has 0 heterocycles. The second-order valence-electron chi connectivity index (χ2n) is 10.3. The van der Waals surface area contributed by atoms with Crippen molar-refractivity contribution in [3.05, 3.63) is 103 Å². The van der Waals surface area contributed by atoms with E-state index >= 15 is 0 Å². The predicted octanol–water partition coefficient (Wildman–Crippen LogP) is 8.84. The molecule has 0 nitrogen and oxygen atoms in total. The van der Waals surface area contributed by atoms with E-state index in [2.05, 4.69) is 116 Å². The molecule has 0 atom stereocenters. The normalized spacial score (nSPS) is 12.5. The van der Waals surface area contributed by atoms with Crippen LogP contribution < -0.4 is 5.19 Å². The first-order chi connectivity index (χ1) is 17.2. The van der Waals surface area contributed by atoms with Gasteiger partial charge >= 0.3 is 0 Å². The maximum atomic E-state index is 2.51. The summed E-state index contributed by atoms with van der Waals surface area (Å²) in [5.41, 5.74) is 2.83. The lowest BCUT2D eigenvalue weighted by Gasteiger charge is -2.22. The summed E-state index contributed by atoms with van der Waals surface area (Å²) >= 11 is 0. The Morgan fingerprint density at radius 2 is 0.886 bits per heavy atom. The molecule has 8 aromatic rings. The van der Waals surface area contributed by atoms with Gasteiger partial charge in [0.15, 0.2) is 0 Å². The predicted molar refractivity (Wildman–Crippen MR) is 158 cm³/mol. The van der Waals surface area contributed by atoms with Crippen LogP contribution in [0.4, 0.5) is 0 Å². The Labute approximate surface area is 205 Å². The fraction of sp³-hybridized carbons (Fsp3) is 0.0588. The summed E-state index contributed by atoms with van der Waals surface area (Å²) in [5, 5.41) is 18.0. The van der Waals surface area contributed by atoms with Crippen LogP contribution in [-0.4, -0.2) is 8.80 Å². The van der Waals surface area contributed by atoms with Crippen molar-refractivity contribution in [2.75, 3.05) is 0 Å². The van der Waals surface area contributed by atoms with Crippen LogP contribution in [-0.2, 0) is 0 Å². The second-order valence-corrected chi connectivity index (χ2v) is 13.3. The molecule has 0 radical (unpaired) electrons. The Bertz CT molecular complexity index is 2050. The van der Waals surface area contributed by atoms with Crippen LogP contribution in [0.3, 0.4) is 0 Å². The summed E-state index contributed by atoms with van der Waals surface area (Å²) in [6.45, 7) is 4.93. The maximum Gasteiger partial charge on any atom is 0.0656 e. The largest absolute Gasteiger partial charge is 0.0682 e. The second kappa shape index (κ2) is 6.81. The molecule has 0 aliphatic rings. The van der Waals surface area contributed by atoms with E-state index in [1.165, 1.54) is 75.8 Å². The zero-order valence-corrected chi connectivity index (χ0v) is 21.0. The highest BCUT2D eigenvalue weighted by Crippen LogP contribution is 2.43. The Morgan fingerprint density at radius 1 is 0.429 bits per heavy atom. The van der Waals surface area contributed by atoms with Gasteiger partial charge in [-0.25, -0.2) is 0 Å². The molecule has 0 fully saturated rings. The summed E-state index contributed by atoms with van der Waals surface area (Å²) in [4.78, 5) is 0. The summed E-state index contributed by atoms with van der Waals surface area (Å²) in [6, 6.07) is 39.2. The van der Waals surface area contributed by atoms with Gasteiger partial charge in [-0.2, -0.15) is 0 Å². The van der Waals surface area contributed by atoms with Gasteiger partial charge in [0.25, 0.3) is 0 Å². The van der Waals surface area contributed by atoms with Crippen molar-refractivity contribution in [1.82, 2.24) is 0 Å². The van der Waals surface area contributed by atoms with Crippen LogP contribution in [0.1, 0.15) is 0 Å². The minimum Gasteiger partial charge on any atom is -0.0682 e. The molecule has 0 spiro atoms. The molecular formula is C34H24Si. The first-order valence-corrected chi connectivity index (χ1v) is 15.4. The van der Waals surface area contributed by atoms with E-state index in [1.54, 1.807) is 5.19 Å². The standard InChI is InChI=1S/C34H24Si/c1-35(2)29-19-25-12-11-21-6-4-8-23-15-18-28(33(25)31(21)23)34(29)27-17-14-24-10-9-20-5-3-7-22-13-16-26(27)32(24)30(20)22/h3-19,35H,1-2H3. The zero-order chi connectivity index (χ0) is 23.3. The van der Waals surface area contributed by atoms with Crippen molar-refractivity contribution in [2.24, 2.45) is 0 Å². The van der Waals surface area contributed by atoms with Gasteiger partial charge in [-0.05, 0) is 75.8 Å². The number of hydrogen-bond donors (Lipinski definition) is 0. The van der Waals surface area contributed by atoms with Crippen LogP contribution in [0, 0.1) is 0 Å². The van der Waals surface area contributed by atoms with Crippen molar-refractivity contribution >= 4 is 78.6 Å². The van der Waals surface area contributed by atoms with Gasteiger partial charge in [-0.15, -0.1) is 0 Å². The first kappa shape index (κ1) is 19.4. The van der Waals surface area contributed by atoms with E-state index < -0.39 is 8.80 Å². The molecule has 8 aromatic carbocycles. The molecule has 0 saturated heterocycles. The van der Waals surface area contributed by atoms with Gasteiger partial charge in [0.05, 0.1) is 8.80 Å². The van der Waals surface area contributed by atoms with Crippen molar-refractivity contribution in [3.8, 4) is 11.1 Å². The van der Waals surface area contributed by atoms with E-state index in [0.717, 1.165) is 0 Å². The van der Waals surface area contributed by atoms with Crippen LogP contribution in [0.15, 0.2) is 103 Å². The lowest BCUT2D eigenvalue weighted by atomic mass is 9.86. The van der Waals surface area contributed by atoms with Crippen LogP contribution >= 0.6 is 0 Å². The Balaban J connectivity index is 1.60. The lowest BCUT2D eigenvalue weighted by molar-refractivity contribution is 1.73.